The Bertz CT molecular complexity index is 328. The van der Waals surface area contributed by atoms with Gasteiger partial charge in [-0.25, -0.2) is 0 Å². The van der Waals surface area contributed by atoms with E-state index in [1.165, 1.54) is 25.9 Å². The molecule has 2 heteroatoms. The van der Waals surface area contributed by atoms with Gasteiger partial charge >= 0.3 is 0 Å². The van der Waals surface area contributed by atoms with Crippen LogP contribution in [0.5, 0.6) is 0 Å². The maximum atomic E-state index is 11.9. The number of quaternary nitrogens is 1. The zero-order chi connectivity index (χ0) is 11.2. The molecule has 2 N–H and O–H groups in total. The molecule has 0 saturated carbocycles. The fourth-order valence-electron chi connectivity index (χ4n) is 2.39. The Labute approximate surface area is 97.1 Å². The number of nitrogens with two attached hydrogens (primary N) is 1. The number of rotatable bonds is 4. The van der Waals surface area contributed by atoms with Gasteiger partial charge in [-0.05, 0) is 19.3 Å². The summed E-state index contributed by atoms with van der Waals surface area (Å²) in [7, 11) is 0. The first-order valence-corrected chi connectivity index (χ1v) is 6.26. The van der Waals surface area contributed by atoms with Gasteiger partial charge in [-0.3, -0.25) is 4.79 Å². The van der Waals surface area contributed by atoms with Crippen LogP contribution in [-0.4, -0.2) is 18.9 Å². The molecular formula is C14H20NO+. The third-order valence-corrected chi connectivity index (χ3v) is 3.40. The van der Waals surface area contributed by atoms with Crippen molar-refractivity contribution in [3.05, 3.63) is 35.9 Å². The topological polar surface area (TPSA) is 33.7 Å². The maximum absolute atomic E-state index is 11.9. The largest absolute Gasteiger partial charge is 0.346 e. The Kier molecular flexibility index (Phi) is 4.11. The first-order valence-electron chi connectivity index (χ1n) is 6.26. The molecule has 0 aliphatic carbocycles. The summed E-state index contributed by atoms with van der Waals surface area (Å²) in [5.41, 5.74) is 0.863. The summed E-state index contributed by atoms with van der Waals surface area (Å²) in [5.74, 6) is 1.05. The van der Waals surface area contributed by atoms with Crippen LogP contribution in [0.25, 0.3) is 0 Å². The Balaban J connectivity index is 1.79. The molecule has 1 atom stereocenters. The summed E-state index contributed by atoms with van der Waals surface area (Å²) in [6.07, 6.45) is 4.38. The minimum Gasteiger partial charge on any atom is -0.346 e. The number of Topliss-reactive ketones (excluding diaryl/α,β-unsaturated/α-hetero) is 1. The molecule has 1 fully saturated rings. The van der Waals surface area contributed by atoms with Crippen LogP contribution < -0.4 is 5.32 Å². The predicted octanol–water partition coefficient (Wildman–Crippen LogP) is 1.62. The summed E-state index contributed by atoms with van der Waals surface area (Å²) in [6, 6.07) is 9.64. The van der Waals surface area contributed by atoms with E-state index in [4.69, 9.17) is 0 Å². The second-order valence-corrected chi connectivity index (χ2v) is 4.65. The highest BCUT2D eigenvalue weighted by Crippen LogP contribution is 2.15. The lowest BCUT2D eigenvalue weighted by Gasteiger charge is -2.19. The van der Waals surface area contributed by atoms with Crippen LogP contribution in [0.1, 0.15) is 36.0 Å². The average molecular weight is 218 g/mol. The highest BCUT2D eigenvalue weighted by Gasteiger charge is 2.17. The molecule has 0 aromatic heterocycles. The molecule has 0 unspecified atom stereocenters. The minimum atomic E-state index is 0.297. The van der Waals surface area contributed by atoms with Gasteiger partial charge in [-0.1, -0.05) is 30.3 Å². The molecule has 0 amide bonds. The molecule has 16 heavy (non-hydrogen) atoms. The third-order valence-electron chi connectivity index (χ3n) is 3.40. The lowest BCUT2D eigenvalue weighted by molar-refractivity contribution is -0.669. The van der Waals surface area contributed by atoms with Crippen molar-refractivity contribution >= 4 is 5.78 Å². The van der Waals surface area contributed by atoms with E-state index >= 15 is 0 Å². The Morgan fingerprint density at radius 2 is 2.12 bits per heavy atom. The highest BCUT2D eigenvalue weighted by molar-refractivity contribution is 5.95. The lowest BCUT2D eigenvalue weighted by Crippen LogP contribution is -2.87. The van der Waals surface area contributed by atoms with Gasteiger partial charge in [-0.2, -0.15) is 0 Å². The van der Waals surface area contributed by atoms with Crippen LogP contribution in [0.3, 0.4) is 0 Å². The monoisotopic (exact) mass is 218 g/mol. The average Bonchev–Trinajstić information content (AvgIpc) is 2.38. The first kappa shape index (κ1) is 11.3. The molecule has 0 bridgehead atoms. The number of hydrogen-bond acceptors (Lipinski definition) is 1. The zero-order valence-electron chi connectivity index (χ0n) is 9.69. The van der Waals surface area contributed by atoms with Gasteiger partial charge in [0, 0.05) is 17.9 Å². The van der Waals surface area contributed by atoms with Gasteiger partial charge < -0.3 is 5.32 Å². The number of carbonyl (C=O) groups is 1. The van der Waals surface area contributed by atoms with E-state index in [1.807, 2.05) is 30.3 Å². The normalized spacial score (nSPS) is 20.6. The van der Waals surface area contributed by atoms with Crippen molar-refractivity contribution in [3.63, 3.8) is 0 Å². The van der Waals surface area contributed by atoms with Crippen LogP contribution in [0, 0.1) is 5.92 Å². The quantitative estimate of drug-likeness (QED) is 0.766. The van der Waals surface area contributed by atoms with Crippen LogP contribution >= 0.6 is 0 Å². The molecule has 1 aliphatic heterocycles. The van der Waals surface area contributed by atoms with Crippen LogP contribution in [-0.2, 0) is 0 Å². The van der Waals surface area contributed by atoms with Gasteiger partial charge in [-0.15, -0.1) is 0 Å². The van der Waals surface area contributed by atoms with E-state index < -0.39 is 0 Å². The van der Waals surface area contributed by atoms with Crippen LogP contribution in [0.15, 0.2) is 30.3 Å². The van der Waals surface area contributed by atoms with Crippen molar-refractivity contribution in [2.75, 3.05) is 13.1 Å². The summed E-state index contributed by atoms with van der Waals surface area (Å²) in [4.78, 5) is 11.9. The second-order valence-electron chi connectivity index (χ2n) is 4.65. The van der Waals surface area contributed by atoms with Crippen LogP contribution in [0.2, 0.25) is 0 Å². The SMILES string of the molecule is O=C(CC[C@H]1CCC[NH2+]C1)c1ccccc1. The Hall–Kier alpha value is -1.15. The number of hydrogen-bond donors (Lipinski definition) is 1. The summed E-state index contributed by atoms with van der Waals surface area (Å²) < 4.78 is 0. The molecule has 1 aromatic carbocycles. The molecule has 86 valence electrons. The number of piperidine rings is 1. The van der Waals surface area contributed by atoms with Gasteiger partial charge in [0.2, 0.25) is 0 Å². The van der Waals surface area contributed by atoms with E-state index in [-0.39, 0.29) is 0 Å². The van der Waals surface area contributed by atoms with Gasteiger partial charge in [0.25, 0.3) is 0 Å². The van der Waals surface area contributed by atoms with Crippen molar-refractivity contribution in [2.45, 2.75) is 25.7 Å². The van der Waals surface area contributed by atoms with Gasteiger partial charge in [0.15, 0.2) is 5.78 Å². The van der Waals surface area contributed by atoms with E-state index in [1.54, 1.807) is 0 Å². The van der Waals surface area contributed by atoms with Gasteiger partial charge in [0.1, 0.15) is 0 Å². The highest BCUT2D eigenvalue weighted by atomic mass is 16.1. The second kappa shape index (κ2) is 5.80. The smallest absolute Gasteiger partial charge is 0.162 e. The van der Waals surface area contributed by atoms with Gasteiger partial charge in [0.05, 0.1) is 13.1 Å². The molecule has 1 saturated heterocycles. The third kappa shape index (κ3) is 3.17. The zero-order valence-corrected chi connectivity index (χ0v) is 9.69. The molecule has 1 heterocycles. The lowest BCUT2D eigenvalue weighted by atomic mass is 9.92. The fraction of sp³-hybridized carbons (Fsp3) is 0.500. The molecule has 2 nitrogen and oxygen atoms in total. The van der Waals surface area contributed by atoms with E-state index in [0.29, 0.717) is 12.2 Å². The van der Waals surface area contributed by atoms with E-state index in [2.05, 4.69) is 5.32 Å². The molecule has 1 aromatic rings. The molecule has 1 aliphatic rings. The summed E-state index contributed by atoms with van der Waals surface area (Å²) >= 11 is 0. The van der Waals surface area contributed by atoms with Crippen molar-refractivity contribution in [2.24, 2.45) is 5.92 Å². The van der Waals surface area contributed by atoms with Crippen molar-refractivity contribution in [1.29, 1.82) is 0 Å². The first-order chi connectivity index (χ1) is 7.86. The van der Waals surface area contributed by atoms with Crippen molar-refractivity contribution < 1.29 is 10.1 Å². The molecule has 0 radical (unpaired) electrons. The van der Waals surface area contributed by atoms with Crippen LogP contribution in [0.4, 0.5) is 0 Å². The number of carbonyl (C=O) groups excluding carboxylic acids is 1. The number of benzene rings is 1. The predicted molar refractivity (Wildman–Crippen MR) is 64.4 cm³/mol. The summed E-state index contributed by atoms with van der Waals surface area (Å²) in [5, 5.41) is 2.38. The molecular weight excluding hydrogens is 198 g/mol. The fourth-order valence-corrected chi connectivity index (χ4v) is 2.39. The van der Waals surface area contributed by atoms with Crippen molar-refractivity contribution in [3.8, 4) is 0 Å². The standard InChI is InChI=1S/C14H19NO/c16-14(13-6-2-1-3-7-13)9-8-12-5-4-10-15-11-12/h1-3,6-7,12,15H,4-5,8-11H2/p+1/t12-/m1/s1. The minimum absolute atomic E-state index is 0.297. The Morgan fingerprint density at radius 3 is 2.81 bits per heavy atom. The molecule has 0 spiro atoms. The number of ketones is 1. The van der Waals surface area contributed by atoms with Crippen molar-refractivity contribution in [1.82, 2.24) is 0 Å². The Morgan fingerprint density at radius 1 is 1.31 bits per heavy atom. The summed E-state index contributed by atoms with van der Waals surface area (Å²) in [6.45, 7) is 2.48. The molecule has 2 rings (SSSR count). The van der Waals surface area contributed by atoms with E-state index in [0.717, 1.165) is 17.9 Å². The van der Waals surface area contributed by atoms with E-state index in [9.17, 15) is 4.79 Å². The maximum Gasteiger partial charge on any atom is 0.162 e.